The lowest BCUT2D eigenvalue weighted by Gasteiger charge is -2.12. The van der Waals surface area contributed by atoms with Crippen LogP contribution in [-0.4, -0.2) is 20.9 Å². The van der Waals surface area contributed by atoms with Crippen LogP contribution in [-0.2, 0) is 10.0 Å². The second kappa shape index (κ2) is 5.67. The summed E-state index contributed by atoms with van der Waals surface area (Å²) in [6, 6.07) is 15.5. The van der Waals surface area contributed by atoms with Crippen LogP contribution in [0, 0.1) is 0 Å². The van der Waals surface area contributed by atoms with Crippen LogP contribution in [0.1, 0.15) is 0 Å². The summed E-state index contributed by atoms with van der Waals surface area (Å²) in [4.78, 5) is 1.02. The minimum atomic E-state index is -3.29. The first kappa shape index (κ1) is 14.0. The van der Waals surface area contributed by atoms with Crippen LogP contribution in [0.2, 0.25) is 0 Å². The highest BCUT2D eigenvalue weighted by Gasteiger charge is 2.10. The van der Waals surface area contributed by atoms with Gasteiger partial charge in [-0.1, -0.05) is 36.4 Å². The Hall–Kier alpha value is -1.46. The lowest BCUT2D eigenvalue weighted by atomic mass is 10.0. The lowest BCUT2D eigenvalue weighted by Crippen LogP contribution is -2.10. The molecular weight excluding hydrogens is 278 g/mol. The van der Waals surface area contributed by atoms with E-state index in [9.17, 15) is 8.42 Å². The Labute approximate surface area is 118 Å². The zero-order valence-corrected chi connectivity index (χ0v) is 12.4. The third-order valence-corrected chi connectivity index (χ3v) is 3.92. The number of hydrogen-bond acceptors (Lipinski definition) is 3. The molecule has 2 rings (SSSR count). The summed E-state index contributed by atoms with van der Waals surface area (Å²) in [7, 11) is -3.29. The van der Waals surface area contributed by atoms with Crippen molar-refractivity contribution in [3.05, 3.63) is 48.5 Å². The van der Waals surface area contributed by atoms with E-state index in [1.165, 1.54) is 0 Å². The fraction of sp³-hybridized carbons (Fsp3) is 0.143. The van der Waals surface area contributed by atoms with Crippen LogP contribution in [0.5, 0.6) is 0 Å². The van der Waals surface area contributed by atoms with Crippen molar-refractivity contribution < 1.29 is 8.42 Å². The van der Waals surface area contributed by atoms with Crippen molar-refractivity contribution in [2.24, 2.45) is 0 Å². The molecule has 0 unspecified atom stereocenters. The van der Waals surface area contributed by atoms with Gasteiger partial charge in [0.2, 0.25) is 10.0 Å². The van der Waals surface area contributed by atoms with Crippen LogP contribution in [0.25, 0.3) is 11.1 Å². The maximum Gasteiger partial charge on any atom is 0.229 e. The number of benzene rings is 2. The largest absolute Gasteiger partial charge is 0.283 e. The van der Waals surface area contributed by atoms with Gasteiger partial charge in [0.1, 0.15) is 0 Å². The predicted octanol–water partition coefficient (Wildman–Crippen LogP) is 3.45. The Morgan fingerprint density at radius 2 is 1.74 bits per heavy atom. The molecule has 0 heterocycles. The van der Waals surface area contributed by atoms with Gasteiger partial charge in [-0.15, -0.1) is 11.8 Å². The molecule has 0 atom stereocenters. The molecule has 0 fully saturated rings. The predicted molar refractivity (Wildman–Crippen MR) is 82.1 cm³/mol. The van der Waals surface area contributed by atoms with Crippen LogP contribution in [0.3, 0.4) is 0 Å². The fourth-order valence-electron chi connectivity index (χ4n) is 1.80. The molecule has 3 nitrogen and oxygen atoms in total. The maximum atomic E-state index is 11.5. The molecule has 0 bridgehead atoms. The van der Waals surface area contributed by atoms with E-state index >= 15 is 0 Å². The second-order valence-corrected chi connectivity index (χ2v) is 6.78. The maximum absolute atomic E-state index is 11.5. The van der Waals surface area contributed by atoms with Gasteiger partial charge in [-0.05, 0) is 24.0 Å². The third-order valence-electron chi connectivity index (χ3n) is 2.61. The normalized spacial score (nSPS) is 11.3. The lowest BCUT2D eigenvalue weighted by molar-refractivity contribution is 0.607. The van der Waals surface area contributed by atoms with Crippen molar-refractivity contribution in [2.75, 3.05) is 17.2 Å². The molecule has 0 aliphatic heterocycles. The highest BCUT2D eigenvalue weighted by Crippen LogP contribution is 2.32. The Morgan fingerprint density at radius 3 is 2.32 bits per heavy atom. The van der Waals surface area contributed by atoms with Gasteiger partial charge in [-0.2, -0.15) is 0 Å². The van der Waals surface area contributed by atoms with Gasteiger partial charge in [0.25, 0.3) is 0 Å². The first-order valence-corrected chi connectivity index (χ1v) is 8.82. The minimum Gasteiger partial charge on any atom is -0.283 e. The number of rotatable bonds is 4. The molecule has 1 N–H and O–H groups in total. The van der Waals surface area contributed by atoms with E-state index in [1.807, 2.05) is 54.8 Å². The van der Waals surface area contributed by atoms with Gasteiger partial charge < -0.3 is 0 Å². The Morgan fingerprint density at radius 1 is 1.05 bits per heavy atom. The highest BCUT2D eigenvalue weighted by atomic mass is 32.2. The van der Waals surface area contributed by atoms with Gasteiger partial charge in [0.05, 0.1) is 11.9 Å². The molecular formula is C14H15NO2S2. The summed E-state index contributed by atoms with van der Waals surface area (Å²) < 4.78 is 25.5. The van der Waals surface area contributed by atoms with Crippen molar-refractivity contribution in [1.82, 2.24) is 0 Å². The quantitative estimate of drug-likeness (QED) is 0.878. The van der Waals surface area contributed by atoms with Crippen LogP contribution >= 0.6 is 11.8 Å². The summed E-state index contributed by atoms with van der Waals surface area (Å²) in [5.74, 6) is 0. The Kier molecular flexibility index (Phi) is 4.17. The molecule has 5 heteroatoms. The standard InChI is InChI=1S/C14H15NO2S2/c1-18-12-8-9-13(11-6-4-3-5-7-11)14(10-12)15-19(2,16)17/h3-10,15H,1-2H3. The zero-order valence-electron chi connectivity index (χ0n) is 10.8. The van der Waals surface area contributed by atoms with E-state index in [1.54, 1.807) is 11.8 Å². The van der Waals surface area contributed by atoms with Gasteiger partial charge in [-0.3, -0.25) is 4.72 Å². The number of nitrogens with one attached hydrogen (secondary N) is 1. The molecule has 0 amide bonds. The number of anilines is 1. The topological polar surface area (TPSA) is 46.2 Å². The van der Waals surface area contributed by atoms with Crippen LogP contribution < -0.4 is 4.72 Å². The third kappa shape index (κ3) is 3.75. The van der Waals surface area contributed by atoms with E-state index in [-0.39, 0.29) is 0 Å². The van der Waals surface area contributed by atoms with Gasteiger partial charge in [-0.25, -0.2) is 8.42 Å². The van der Waals surface area contributed by atoms with Crippen LogP contribution in [0.4, 0.5) is 5.69 Å². The summed E-state index contributed by atoms with van der Waals surface area (Å²) in [5, 5.41) is 0. The van der Waals surface area contributed by atoms with Crippen LogP contribution in [0.15, 0.2) is 53.4 Å². The van der Waals surface area contributed by atoms with E-state index < -0.39 is 10.0 Å². The van der Waals surface area contributed by atoms with E-state index in [0.717, 1.165) is 22.3 Å². The molecule has 0 radical (unpaired) electrons. The monoisotopic (exact) mass is 293 g/mol. The summed E-state index contributed by atoms with van der Waals surface area (Å²) >= 11 is 1.58. The molecule has 19 heavy (non-hydrogen) atoms. The van der Waals surface area contributed by atoms with Crippen molar-refractivity contribution in [2.45, 2.75) is 4.90 Å². The van der Waals surface area contributed by atoms with Gasteiger partial charge in [0.15, 0.2) is 0 Å². The number of thioether (sulfide) groups is 1. The van der Waals surface area contributed by atoms with E-state index in [4.69, 9.17) is 0 Å². The van der Waals surface area contributed by atoms with E-state index in [2.05, 4.69) is 4.72 Å². The first-order valence-electron chi connectivity index (χ1n) is 5.71. The Bertz CT molecular complexity index is 667. The smallest absolute Gasteiger partial charge is 0.229 e. The van der Waals surface area contributed by atoms with Gasteiger partial charge >= 0.3 is 0 Å². The average molecular weight is 293 g/mol. The fourth-order valence-corrected chi connectivity index (χ4v) is 2.81. The summed E-state index contributed by atoms with van der Waals surface area (Å²) in [6.45, 7) is 0. The highest BCUT2D eigenvalue weighted by molar-refractivity contribution is 7.98. The van der Waals surface area contributed by atoms with Crippen molar-refractivity contribution in [3.63, 3.8) is 0 Å². The molecule has 0 saturated heterocycles. The molecule has 0 aliphatic rings. The minimum absolute atomic E-state index is 0.612. The number of hydrogen-bond donors (Lipinski definition) is 1. The molecule has 2 aromatic carbocycles. The summed E-state index contributed by atoms with van der Waals surface area (Å²) in [5.41, 5.74) is 2.48. The molecule has 0 aliphatic carbocycles. The van der Waals surface area contributed by atoms with Crippen molar-refractivity contribution in [3.8, 4) is 11.1 Å². The molecule has 2 aromatic rings. The van der Waals surface area contributed by atoms with E-state index in [0.29, 0.717) is 5.69 Å². The first-order chi connectivity index (χ1) is 8.99. The second-order valence-electron chi connectivity index (χ2n) is 4.15. The molecule has 0 aromatic heterocycles. The van der Waals surface area contributed by atoms with Crippen molar-refractivity contribution in [1.29, 1.82) is 0 Å². The zero-order chi connectivity index (χ0) is 13.9. The SMILES string of the molecule is CSc1ccc(-c2ccccc2)c(NS(C)(=O)=O)c1. The number of sulfonamides is 1. The molecule has 0 saturated carbocycles. The van der Waals surface area contributed by atoms with Crippen molar-refractivity contribution >= 4 is 27.5 Å². The average Bonchev–Trinajstić information content (AvgIpc) is 2.38. The molecule has 100 valence electrons. The Balaban J connectivity index is 2.54. The van der Waals surface area contributed by atoms with Gasteiger partial charge in [0, 0.05) is 10.5 Å². The molecule has 0 spiro atoms. The summed E-state index contributed by atoms with van der Waals surface area (Å²) in [6.07, 6.45) is 3.12.